The Labute approximate surface area is 133 Å². The van der Waals surface area contributed by atoms with E-state index in [0.29, 0.717) is 12.4 Å². The molecule has 1 aliphatic rings. The summed E-state index contributed by atoms with van der Waals surface area (Å²) in [5, 5.41) is 4.27. The van der Waals surface area contributed by atoms with Crippen molar-refractivity contribution in [1.82, 2.24) is 24.7 Å². The number of carbonyl (C=O) groups is 1. The fraction of sp³-hybridized carbons (Fsp3) is 0.467. The lowest BCUT2D eigenvalue weighted by molar-refractivity contribution is -0.452. The first-order valence-electron chi connectivity index (χ1n) is 7.61. The fourth-order valence-electron chi connectivity index (χ4n) is 2.58. The molecule has 0 N–H and O–H groups in total. The Kier molecular flexibility index (Phi) is 4.24. The SMILES string of the molecule is CCc1nccnc1-n1cnc(C(=O)[N+]2=C[C@H](C)O[C@H](C)C2)n1. The Morgan fingerprint density at radius 3 is 2.87 bits per heavy atom. The molecule has 0 spiro atoms. The summed E-state index contributed by atoms with van der Waals surface area (Å²) >= 11 is 0. The second-order valence-electron chi connectivity index (χ2n) is 5.45. The quantitative estimate of drug-likeness (QED) is 0.773. The maximum atomic E-state index is 12.6. The third kappa shape index (κ3) is 3.16. The number of nitrogens with zero attached hydrogens (tertiary/aromatic N) is 6. The number of rotatable bonds is 3. The summed E-state index contributed by atoms with van der Waals surface area (Å²) in [4.78, 5) is 25.2. The Hall–Kier alpha value is -2.48. The summed E-state index contributed by atoms with van der Waals surface area (Å²) in [6, 6.07) is 0. The molecule has 0 aromatic carbocycles. The van der Waals surface area contributed by atoms with E-state index >= 15 is 0 Å². The molecule has 0 radical (unpaired) electrons. The van der Waals surface area contributed by atoms with E-state index in [1.807, 2.05) is 20.8 Å². The highest BCUT2D eigenvalue weighted by atomic mass is 16.5. The molecule has 0 unspecified atom stereocenters. The van der Waals surface area contributed by atoms with Crippen LogP contribution in [0.4, 0.5) is 0 Å². The summed E-state index contributed by atoms with van der Waals surface area (Å²) in [5.74, 6) is 0.484. The minimum atomic E-state index is -0.243. The zero-order valence-electron chi connectivity index (χ0n) is 13.4. The summed E-state index contributed by atoms with van der Waals surface area (Å²) in [5.41, 5.74) is 0.802. The van der Waals surface area contributed by atoms with Crippen molar-refractivity contribution in [2.45, 2.75) is 39.4 Å². The van der Waals surface area contributed by atoms with Gasteiger partial charge in [-0.1, -0.05) is 6.92 Å². The number of ether oxygens (including phenoxy) is 1. The number of aromatic nitrogens is 5. The Morgan fingerprint density at radius 2 is 2.13 bits per heavy atom. The van der Waals surface area contributed by atoms with Gasteiger partial charge in [0.25, 0.3) is 5.82 Å². The van der Waals surface area contributed by atoms with Crippen molar-refractivity contribution < 1.29 is 14.1 Å². The molecule has 0 aliphatic carbocycles. The van der Waals surface area contributed by atoms with E-state index in [-0.39, 0.29) is 23.9 Å². The monoisotopic (exact) mass is 315 g/mol. The predicted octanol–water partition coefficient (Wildman–Crippen LogP) is 0.650. The second-order valence-corrected chi connectivity index (χ2v) is 5.45. The van der Waals surface area contributed by atoms with Crippen molar-refractivity contribution in [3.63, 3.8) is 0 Å². The molecule has 0 saturated carbocycles. The molecule has 2 aromatic heterocycles. The zero-order valence-corrected chi connectivity index (χ0v) is 13.4. The summed E-state index contributed by atoms with van der Waals surface area (Å²) < 4.78 is 8.69. The molecule has 0 fully saturated rings. The van der Waals surface area contributed by atoms with Crippen molar-refractivity contribution in [1.29, 1.82) is 0 Å². The molecular weight excluding hydrogens is 296 g/mol. The van der Waals surface area contributed by atoms with Gasteiger partial charge in [-0.3, -0.25) is 4.98 Å². The maximum absolute atomic E-state index is 12.6. The number of hydrogen-bond acceptors (Lipinski definition) is 6. The molecule has 1 amide bonds. The Bertz CT molecular complexity index is 754. The molecule has 2 atom stereocenters. The van der Waals surface area contributed by atoms with E-state index in [9.17, 15) is 4.79 Å². The lowest BCUT2D eigenvalue weighted by Gasteiger charge is -2.18. The minimum Gasteiger partial charge on any atom is -0.359 e. The van der Waals surface area contributed by atoms with Gasteiger partial charge in [-0.2, -0.15) is 9.26 Å². The largest absolute Gasteiger partial charge is 0.458 e. The van der Waals surface area contributed by atoms with Gasteiger partial charge < -0.3 is 4.74 Å². The van der Waals surface area contributed by atoms with Gasteiger partial charge in [-0.05, 0) is 20.3 Å². The average molecular weight is 315 g/mol. The third-order valence-electron chi connectivity index (χ3n) is 3.54. The predicted molar refractivity (Wildman–Crippen MR) is 81.9 cm³/mol. The summed E-state index contributed by atoms with van der Waals surface area (Å²) in [6.45, 7) is 6.31. The molecule has 1 aliphatic heterocycles. The van der Waals surface area contributed by atoms with Crippen LogP contribution < -0.4 is 0 Å². The van der Waals surface area contributed by atoms with Gasteiger partial charge in [0.2, 0.25) is 0 Å². The lowest BCUT2D eigenvalue weighted by atomic mass is 10.3. The Balaban J connectivity index is 1.89. The second kappa shape index (κ2) is 6.33. The first-order chi connectivity index (χ1) is 11.1. The van der Waals surface area contributed by atoms with Crippen molar-refractivity contribution in [2.24, 2.45) is 0 Å². The van der Waals surface area contributed by atoms with E-state index in [4.69, 9.17) is 4.74 Å². The van der Waals surface area contributed by atoms with Crippen molar-refractivity contribution in [3.8, 4) is 5.82 Å². The van der Waals surface area contributed by atoms with Crippen LogP contribution in [0.1, 0.15) is 37.1 Å². The maximum Gasteiger partial charge on any atom is 0.458 e. The van der Waals surface area contributed by atoms with Crippen LogP contribution in [0, 0.1) is 0 Å². The van der Waals surface area contributed by atoms with Gasteiger partial charge in [-0.15, -0.1) is 5.10 Å². The highest BCUT2D eigenvalue weighted by Crippen LogP contribution is 2.09. The highest BCUT2D eigenvalue weighted by Gasteiger charge is 2.31. The first-order valence-corrected chi connectivity index (χ1v) is 7.61. The van der Waals surface area contributed by atoms with Crippen molar-refractivity contribution in [3.05, 3.63) is 30.2 Å². The number of carbonyl (C=O) groups excluding carboxylic acids is 1. The fourth-order valence-corrected chi connectivity index (χ4v) is 2.58. The van der Waals surface area contributed by atoms with Gasteiger partial charge in [0.05, 0.1) is 5.69 Å². The van der Waals surface area contributed by atoms with Crippen LogP contribution >= 0.6 is 0 Å². The van der Waals surface area contributed by atoms with Crippen LogP contribution in [0.2, 0.25) is 0 Å². The zero-order chi connectivity index (χ0) is 16.4. The first kappa shape index (κ1) is 15.4. The van der Waals surface area contributed by atoms with Crippen LogP contribution in [-0.2, 0) is 11.2 Å². The van der Waals surface area contributed by atoms with Crippen LogP contribution in [0.15, 0.2) is 18.7 Å². The average Bonchev–Trinajstić information content (AvgIpc) is 3.03. The number of aryl methyl sites for hydroxylation is 1. The van der Waals surface area contributed by atoms with E-state index in [2.05, 4.69) is 20.1 Å². The molecule has 2 aromatic rings. The molecule has 8 nitrogen and oxygen atoms in total. The van der Waals surface area contributed by atoms with Crippen LogP contribution in [0.5, 0.6) is 0 Å². The van der Waals surface area contributed by atoms with Crippen LogP contribution in [0.3, 0.4) is 0 Å². The molecule has 8 heteroatoms. The molecule has 3 rings (SSSR count). The van der Waals surface area contributed by atoms with E-state index in [0.717, 1.165) is 12.1 Å². The number of hydrogen-bond donors (Lipinski definition) is 0. The molecule has 0 bridgehead atoms. The normalized spacial score (nSPS) is 21.1. The lowest BCUT2D eigenvalue weighted by Crippen LogP contribution is -2.40. The minimum absolute atomic E-state index is 0.0206. The molecule has 23 heavy (non-hydrogen) atoms. The van der Waals surface area contributed by atoms with Crippen LogP contribution in [0.25, 0.3) is 5.82 Å². The van der Waals surface area contributed by atoms with Gasteiger partial charge in [-0.25, -0.2) is 14.8 Å². The smallest absolute Gasteiger partial charge is 0.359 e. The molecule has 120 valence electrons. The standard InChI is InChI=1S/C15H19N6O2/c1-4-12-14(17-6-5-16-12)21-9-18-13(19-21)15(22)20-7-10(2)23-11(3)8-20/h5-7,9-11H,4,8H2,1-3H3/q+1/t10-,11+/m0/s1. The Morgan fingerprint density at radius 1 is 1.35 bits per heavy atom. The topological polar surface area (TPSA) is 85.8 Å². The van der Waals surface area contributed by atoms with Gasteiger partial charge in [0, 0.05) is 12.4 Å². The summed E-state index contributed by atoms with van der Waals surface area (Å²) in [6.07, 6.45) is 7.06. The van der Waals surface area contributed by atoms with E-state index < -0.39 is 0 Å². The molecule has 0 saturated heterocycles. The van der Waals surface area contributed by atoms with Crippen molar-refractivity contribution in [2.75, 3.05) is 6.54 Å². The van der Waals surface area contributed by atoms with E-state index in [1.165, 1.54) is 11.0 Å². The van der Waals surface area contributed by atoms with E-state index in [1.54, 1.807) is 23.2 Å². The molecular formula is C15H19N6O2+. The van der Waals surface area contributed by atoms with Crippen molar-refractivity contribution >= 4 is 12.1 Å². The molecule has 3 heterocycles. The van der Waals surface area contributed by atoms with Gasteiger partial charge >= 0.3 is 5.91 Å². The van der Waals surface area contributed by atoms with Gasteiger partial charge in [0.1, 0.15) is 18.5 Å². The highest BCUT2D eigenvalue weighted by molar-refractivity contribution is 5.86. The van der Waals surface area contributed by atoms with Crippen LogP contribution in [-0.4, -0.2) is 60.2 Å². The summed E-state index contributed by atoms with van der Waals surface area (Å²) in [7, 11) is 0. The third-order valence-corrected chi connectivity index (χ3v) is 3.54. The van der Waals surface area contributed by atoms with Gasteiger partial charge in [0.15, 0.2) is 18.6 Å². The number of amides is 1.